The average molecular weight is 748 g/mol. The summed E-state index contributed by atoms with van der Waals surface area (Å²) in [5, 5.41) is 0. The zero-order valence-corrected chi connectivity index (χ0v) is 35.7. The van der Waals surface area contributed by atoms with Crippen molar-refractivity contribution in [2.24, 2.45) is 29.1 Å². The first-order valence-corrected chi connectivity index (χ1v) is 22.6. The van der Waals surface area contributed by atoms with Gasteiger partial charge in [-0.3, -0.25) is 0 Å². The van der Waals surface area contributed by atoms with Crippen LogP contribution in [0.2, 0.25) is 0 Å². The Morgan fingerprint density at radius 2 is 1.09 bits per heavy atom. The van der Waals surface area contributed by atoms with Crippen molar-refractivity contribution in [3.63, 3.8) is 0 Å². The molecule has 0 aliphatic heterocycles. The molecule has 1 heteroatoms. The van der Waals surface area contributed by atoms with Crippen molar-refractivity contribution in [3.8, 4) is 22.3 Å². The summed E-state index contributed by atoms with van der Waals surface area (Å²) in [5.41, 5.74) is 20.4. The monoisotopic (exact) mass is 747 g/mol. The molecule has 57 heavy (non-hydrogen) atoms. The van der Waals surface area contributed by atoms with E-state index in [-0.39, 0.29) is 27.1 Å². The number of hydrogen-bond acceptors (Lipinski definition) is 1. The van der Waals surface area contributed by atoms with Gasteiger partial charge in [0, 0.05) is 11.1 Å². The van der Waals surface area contributed by atoms with E-state index in [9.17, 15) is 0 Å². The van der Waals surface area contributed by atoms with Crippen molar-refractivity contribution in [1.29, 1.82) is 0 Å². The van der Waals surface area contributed by atoms with Crippen LogP contribution in [-0.2, 0) is 27.1 Å². The molecule has 0 saturated heterocycles. The highest BCUT2D eigenvalue weighted by molar-refractivity contribution is 5.91. The second-order valence-corrected chi connectivity index (χ2v) is 22.7. The number of rotatable bonds is 4. The Bertz CT molecular complexity index is 2450. The van der Waals surface area contributed by atoms with Crippen molar-refractivity contribution in [2.75, 3.05) is 4.90 Å². The van der Waals surface area contributed by atoms with Gasteiger partial charge < -0.3 is 4.90 Å². The predicted molar refractivity (Wildman–Crippen MR) is 238 cm³/mol. The quantitative estimate of drug-likeness (QED) is 0.177. The molecule has 4 saturated carbocycles. The zero-order chi connectivity index (χ0) is 39.1. The van der Waals surface area contributed by atoms with Gasteiger partial charge in [0.2, 0.25) is 0 Å². The van der Waals surface area contributed by atoms with Crippen LogP contribution in [0.15, 0.2) is 103 Å². The van der Waals surface area contributed by atoms with E-state index in [0.29, 0.717) is 5.41 Å². The molecule has 0 aromatic heterocycles. The van der Waals surface area contributed by atoms with Crippen molar-refractivity contribution < 1.29 is 0 Å². The Morgan fingerprint density at radius 3 is 1.72 bits per heavy atom. The third-order valence-electron chi connectivity index (χ3n) is 18.2. The van der Waals surface area contributed by atoms with Crippen LogP contribution in [0.3, 0.4) is 0 Å². The van der Waals surface area contributed by atoms with Gasteiger partial charge in [-0.2, -0.15) is 0 Å². The highest BCUT2D eigenvalue weighted by Gasteiger charge is 2.84. The van der Waals surface area contributed by atoms with Gasteiger partial charge in [-0.15, -0.1) is 0 Å². The lowest BCUT2D eigenvalue weighted by Crippen LogP contribution is -2.73. The standard InChI is InChI=1S/C56H61N/c1-51(2)24-26-53(5,6)49-42(51)16-12-18-45(49)57(46-19-13-17-43-50(46)54(7,8)27-25-52(43,3)4)38-21-23-41-40(32-38)39-22-20-36(35-14-10-9-11-15-35)30-44(39)56(41)47-29-34-28-37-31-48(56)55(37,47)33-34/h9-23,30,32,34,37,47-48H,24-29,31,33H2,1-8H3. The SMILES string of the molecule is CC1(C)CCC(C)(C)c2c(N(c3ccc4c(c3)-c3ccc(-c5ccccc5)cc3C43C4CC5CC6CC3C64C5)c3cccc4c3C(C)(C)CCC4(C)C)cccc21. The average Bonchev–Trinajstić information content (AvgIpc) is 3.82. The van der Waals surface area contributed by atoms with Gasteiger partial charge in [0.1, 0.15) is 0 Å². The van der Waals surface area contributed by atoms with Crippen LogP contribution in [0.4, 0.5) is 17.1 Å². The molecule has 2 bridgehead atoms. The summed E-state index contributed by atoms with van der Waals surface area (Å²) >= 11 is 0. The van der Waals surface area contributed by atoms with Gasteiger partial charge in [-0.1, -0.05) is 128 Å². The second-order valence-electron chi connectivity index (χ2n) is 22.7. The normalized spacial score (nSPS) is 31.6. The van der Waals surface area contributed by atoms with E-state index in [1.165, 1.54) is 102 Å². The van der Waals surface area contributed by atoms with Crippen molar-refractivity contribution in [1.82, 2.24) is 0 Å². The van der Waals surface area contributed by atoms with Gasteiger partial charge in [-0.05, 0) is 188 Å². The summed E-state index contributed by atoms with van der Waals surface area (Å²) in [5.74, 6) is 3.49. The summed E-state index contributed by atoms with van der Waals surface area (Å²) in [6.07, 6.45) is 10.7. The van der Waals surface area contributed by atoms with Gasteiger partial charge in [0.25, 0.3) is 0 Å². The molecule has 6 unspecified atom stereocenters. The first-order chi connectivity index (χ1) is 27.2. The molecule has 0 radical (unpaired) electrons. The highest BCUT2D eigenvalue weighted by atomic mass is 15.2. The van der Waals surface area contributed by atoms with E-state index >= 15 is 0 Å². The molecule has 4 fully saturated rings. The Balaban J connectivity index is 1.12. The maximum Gasteiger partial charge on any atom is 0.0502 e. The van der Waals surface area contributed by atoms with Gasteiger partial charge in [0.15, 0.2) is 0 Å². The maximum absolute atomic E-state index is 2.76. The van der Waals surface area contributed by atoms with Gasteiger partial charge in [-0.25, -0.2) is 0 Å². The lowest BCUT2D eigenvalue weighted by Gasteiger charge is -2.76. The zero-order valence-electron chi connectivity index (χ0n) is 35.7. The number of hydrogen-bond donors (Lipinski definition) is 0. The minimum absolute atomic E-state index is 0.0628. The third kappa shape index (κ3) is 4.22. The van der Waals surface area contributed by atoms with Crippen LogP contribution in [-0.4, -0.2) is 0 Å². The molecule has 5 aromatic rings. The van der Waals surface area contributed by atoms with E-state index in [2.05, 4.69) is 163 Å². The molecule has 0 amide bonds. The molecule has 5 aromatic carbocycles. The van der Waals surface area contributed by atoms with Crippen molar-refractivity contribution in [2.45, 2.75) is 134 Å². The fourth-order valence-electron chi connectivity index (χ4n) is 15.5. The molecular weight excluding hydrogens is 687 g/mol. The Labute approximate surface area is 342 Å². The maximum atomic E-state index is 2.76. The fraction of sp³-hybridized carbons (Fsp3) is 0.464. The van der Waals surface area contributed by atoms with E-state index < -0.39 is 0 Å². The number of anilines is 3. The van der Waals surface area contributed by atoms with Crippen LogP contribution in [0.25, 0.3) is 22.3 Å². The summed E-state index contributed by atoms with van der Waals surface area (Å²) < 4.78 is 0. The van der Waals surface area contributed by atoms with Gasteiger partial charge >= 0.3 is 0 Å². The molecule has 1 nitrogen and oxygen atoms in total. The second kappa shape index (κ2) is 10.9. The van der Waals surface area contributed by atoms with E-state index in [1.54, 1.807) is 22.3 Å². The predicted octanol–water partition coefficient (Wildman–Crippen LogP) is 14.9. The lowest BCUT2D eigenvalue weighted by atomic mass is 9.27. The smallest absolute Gasteiger partial charge is 0.0502 e. The molecule has 0 N–H and O–H groups in total. The Hall–Kier alpha value is -4.10. The summed E-state index contributed by atoms with van der Waals surface area (Å²) in [7, 11) is 0. The topological polar surface area (TPSA) is 3.24 Å². The van der Waals surface area contributed by atoms with Gasteiger partial charge in [0.05, 0.1) is 11.4 Å². The van der Waals surface area contributed by atoms with Crippen LogP contribution < -0.4 is 4.90 Å². The Morgan fingerprint density at radius 1 is 0.474 bits per heavy atom. The summed E-state index contributed by atoms with van der Waals surface area (Å²) in [6, 6.07) is 41.2. The number of benzene rings is 5. The summed E-state index contributed by atoms with van der Waals surface area (Å²) in [6.45, 7) is 20.0. The molecule has 290 valence electrons. The first-order valence-electron chi connectivity index (χ1n) is 22.6. The molecule has 12 rings (SSSR count). The molecule has 7 aliphatic rings. The third-order valence-corrected chi connectivity index (χ3v) is 18.2. The van der Waals surface area contributed by atoms with Crippen LogP contribution in [0, 0.1) is 29.1 Å². The molecule has 0 heterocycles. The Kier molecular flexibility index (Phi) is 6.69. The molecule has 6 atom stereocenters. The number of nitrogens with zero attached hydrogens (tertiary/aromatic N) is 1. The van der Waals surface area contributed by atoms with Crippen LogP contribution in [0.5, 0.6) is 0 Å². The minimum Gasteiger partial charge on any atom is -0.310 e. The molecule has 2 spiro atoms. The number of fused-ring (bicyclic) bond motifs is 10. The van der Waals surface area contributed by atoms with Crippen LogP contribution >= 0.6 is 0 Å². The van der Waals surface area contributed by atoms with Crippen molar-refractivity contribution in [3.05, 3.63) is 137 Å². The van der Waals surface area contributed by atoms with E-state index in [4.69, 9.17) is 0 Å². The first kappa shape index (κ1) is 34.9. The lowest BCUT2D eigenvalue weighted by molar-refractivity contribution is -0.231. The summed E-state index contributed by atoms with van der Waals surface area (Å²) in [4.78, 5) is 2.76. The van der Waals surface area contributed by atoms with E-state index in [1.807, 2.05) is 0 Å². The largest absolute Gasteiger partial charge is 0.310 e. The van der Waals surface area contributed by atoms with Crippen molar-refractivity contribution >= 4 is 17.1 Å². The molecule has 7 aliphatic carbocycles. The highest BCUT2D eigenvalue weighted by Crippen LogP contribution is 2.89. The molecular formula is C56H61N. The van der Waals surface area contributed by atoms with E-state index in [0.717, 1.165) is 23.7 Å². The minimum atomic E-state index is 0.0628. The fourth-order valence-corrected chi connectivity index (χ4v) is 15.5. The van der Waals surface area contributed by atoms with Crippen LogP contribution in [0.1, 0.15) is 140 Å².